The summed E-state index contributed by atoms with van der Waals surface area (Å²) in [7, 11) is 0. The quantitative estimate of drug-likeness (QED) is 0.541. The van der Waals surface area contributed by atoms with Crippen molar-refractivity contribution in [2.75, 3.05) is 6.61 Å². The maximum absolute atomic E-state index is 12.8. The molecule has 0 unspecified atom stereocenters. The van der Waals surface area contributed by atoms with Gasteiger partial charge in [0.25, 0.3) is 0 Å². The molecule has 0 aliphatic heterocycles. The molecular weight excluding hydrogens is 221 g/mol. The minimum absolute atomic E-state index is 0.0361. The number of alkyl halides is 3. The molecule has 0 heterocycles. The second-order valence-corrected chi connectivity index (χ2v) is 3.80. The van der Waals surface area contributed by atoms with Gasteiger partial charge in [-0.2, -0.15) is 13.2 Å². The van der Waals surface area contributed by atoms with Crippen molar-refractivity contribution < 1.29 is 22.7 Å². The molecule has 5 heteroatoms. The molecule has 0 fully saturated rings. The Morgan fingerprint density at radius 2 is 2.06 bits per heavy atom. The lowest BCUT2D eigenvalue weighted by atomic mass is 9.97. The highest BCUT2D eigenvalue weighted by atomic mass is 19.4. The topological polar surface area (TPSA) is 26.3 Å². The van der Waals surface area contributed by atoms with E-state index in [0.717, 1.165) is 12.5 Å². The van der Waals surface area contributed by atoms with E-state index < -0.39 is 17.6 Å². The molecule has 0 bridgehead atoms. The molecule has 16 heavy (non-hydrogen) atoms. The summed E-state index contributed by atoms with van der Waals surface area (Å²) in [5.41, 5.74) is -2.25. The molecule has 0 aromatic heterocycles. The number of esters is 1. The SMILES string of the molecule is CCCCC1=C[C@@]1(C(=O)OCC)C(F)(F)F. The number of carbonyl (C=O) groups excluding carboxylic acids is 1. The van der Waals surface area contributed by atoms with Crippen LogP contribution in [0.25, 0.3) is 0 Å². The molecule has 0 aromatic rings. The van der Waals surface area contributed by atoms with E-state index in [4.69, 9.17) is 0 Å². The number of unbranched alkanes of at least 4 members (excludes halogenated alkanes) is 1. The second-order valence-electron chi connectivity index (χ2n) is 3.80. The number of hydrogen-bond acceptors (Lipinski definition) is 2. The molecule has 0 saturated heterocycles. The number of carbonyl (C=O) groups is 1. The minimum atomic E-state index is -4.57. The van der Waals surface area contributed by atoms with Gasteiger partial charge < -0.3 is 4.74 Å². The molecule has 0 saturated carbocycles. The van der Waals surface area contributed by atoms with E-state index in [1.807, 2.05) is 6.92 Å². The van der Waals surface area contributed by atoms with Gasteiger partial charge in [0.15, 0.2) is 0 Å². The second kappa shape index (κ2) is 4.47. The zero-order valence-electron chi connectivity index (χ0n) is 9.36. The number of halogens is 3. The first kappa shape index (κ1) is 13.1. The van der Waals surface area contributed by atoms with Crippen LogP contribution in [0.1, 0.15) is 33.1 Å². The van der Waals surface area contributed by atoms with Gasteiger partial charge in [-0.15, -0.1) is 0 Å². The van der Waals surface area contributed by atoms with Gasteiger partial charge in [-0.05, 0) is 25.3 Å². The first-order valence-corrected chi connectivity index (χ1v) is 5.36. The van der Waals surface area contributed by atoms with Crippen LogP contribution < -0.4 is 0 Å². The van der Waals surface area contributed by atoms with Crippen LogP contribution in [-0.4, -0.2) is 18.8 Å². The van der Waals surface area contributed by atoms with E-state index in [1.54, 1.807) is 0 Å². The molecule has 1 aliphatic rings. The van der Waals surface area contributed by atoms with Crippen molar-refractivity contribution in [1.29, 1.82) is 0 Å². The van der Waals surface area contributed by atoms with Crippen LogP contribution in [0.2, 0.25) is 0 Å². The van der Waals surface area contributed by atoms with E-state index in [9.17, 15) is 18.0 Å². The first-order chi connectivity index (χ1) is 7.40. The van der Waals surface area contributed by atoms with E-state index in [1.165, 1.54) is 6.92 Å². The lowest BCUT2D eigenvalue weighted by Gasteiger charge is -2.20. The van der Waals surface area contributed by atoms with Gasteiger partial charge in [0.1, 0.15) is 0 Å². The lowest BCUT2D eigenvalue weighted by Crippen LogP contribution is -2.37. The zero-order chi connectivity index (χ0) is 12.4. The molecule has 0 radical (unpaired) electrons. The zero-order valence-corrected chi connectivity index (χ0v) is 9.36. The molecular formula is C11H15F3O2. The van der Waals surface area contributed by atoms with Crippen molar-refractivity contribution in [3.63, 3.8) is 0 Å². The molecule has 0 N–H and O–H groups in total. The Labute approximate surface area is 92.5 Å². The lowest BCUT2D eigenvalue weighted by molar-refractivity contribution is -0.201. The molecule has 0 amide bonds. The highest BCUT2D eigenvalue weighted by Crippen LogP contribution is 2.58. The van der Waals surface area contributed by atoms with E-state index in [2.05, 4.69) is 4.74 Å². The Hall–Kier alpha value is -1.00. The minimum Gasteiger partial charge on any atom is -0.465 e. The van der Waals surface area contributed by atoms with Gasteiger partial charge in [-0.25, -0.2) is 0 Å². The number of hydrogen-bond donors (Lipinski definition) is 0. The Morgan fingerprint density at radius 3 is 2.50 bits per heavy atom. The van der Waals surface area contributed by atoms with Gasteiger partial charge >= 0.3 is 12.1 Å². The molecule has 0 spiro atoms. The Balaban J connectivity index is 2.74. The molecule has 2 nitrogen and oxygen atoms in total. The standard InChI is InChI=1S/C11H15F3O2/c1-3-5-6-8-7-10(8,11(12,13)14)9(15)16-4-2/h7H,3-6H2,1-2H3/t10-/m1/s1. The summed E-state index contributed by atoms with van der Waals surface area (Å²) in [4.78, 5) is 11.4. The van der Waals surface area contributed by atoms with Crippen molar-refractivity contribution in [3.8, 4) is 0 Å². The smallest absolute Gasteiger partial charge is 0.412 e. The fraction of sp³-hybridized carbons (Fsp3) is 0.727. The van der Waals surface area contributed by atoms with Crippen molar-refractivity contribution in [1.82, 2.24) is 0 Å². The van der Waals surface area contributed by atoms with E-state index in [-0.39, 0.29) is 12.2 Å². The molecule has 1 rings (SSSR count). The maximum atomic E-state index is 12.8. The molecule has 1 aliphatic carbocycles. The third kappa shape index (κ3) is 2.08. The van der Waals surface area contributed by atoms with Gasteiger partial charge in [0.05, 0.1) is 6.61 Å². The van der Waals surface area contributed by atoms with Gasteiger partial charge in [0.2, 0.25) is 5.41 Å². The predicted octanol–water partition coefficient (Wildman–Crippen LogP) is 3.23. The normalized spacial score (nSPS) is 23.9. The average molecular weight is 236 g/mol. The van der Waals surface area contributed by atoms with Crippen molar-refractivity contribution >= 4 is 5.97 Å². The van der Waals surface area contributed by atoms with Crippen LogP contribution in [0.4, 0.5) is 13.2 Å². The van der Waals surface area contributed by atoms with Crippen LogP contribution in [0.5, 0.6) is 0 Å². The highest BCUT2D eigenvalue weighted by molar-refractivity contribution is 5.90. The molecule has 0 aromatic carbocycles. The van der Waals surface area contributed by atoms with Crippen LogP contribution in [0.3, 0.4) is 0 Å². The van der Waals surface area contributed by atoms with Gasteiger partial charge in [-0.3, -0.25) is 4.79 Å². The summed E-state index contributed by atoms with van der Waals surface area (Å²) >= 11 is 0. The van der Waals surface area contributed by atoms with Crippen molar-refractivity contribution in [2.24, 2.45) is 5.41 Å². The van der Waals surface area contributed by atoms with Gasteiger partial charge in [0, 0.05) is 0 Å². The van der Waals surface area contributed by atoms with Crippen LogP contribution in [0.15, 0.2) is 11.6 Å². The Morgan fingerprint density at radius 1 is 1.44 bits per heavy atom. The summed E-state index contributed by atoms with van der Waals surface area (Å²) < 4.78 is 42.9. The summed E-state index contributed by atoms with van der Waals surface area (Å²) in [6.07, 6.45) is -1.81. The van der Waals surface area contributed by atoms with Crippen LogP contribution in [-0.2, 0) is 9.53 Å². The third-order valence-corrected chi connectivity index (χ3v) is 2.66. The van der Waals surface area contributed by atoms with Gasteiger partial charge in [-0.1, -0.05) is 19.4 Å². The Kier molecular flexibility index (Phi) is 3.65. The fourth-order valence-electron chi connectivity index (χ4n) is 1.68. The van der Waals surface area contributed by atoms with Crippen LogP contribution in [0, 0.1) is 5.41 Å². The Bertz CT molecular complexity index is 307. The van der Waals surface area contributed by atoms with Crippen molar-refractivity contribution in [2.45, 2.75) is 39.3 Å². The molecule has 1 atom stereocenters. The summed E-state index contributed by atoms with van der Waals surface area (Å²) in [6.45, 7) is 3.35. The highest BCUT2D eigenvalue weighted by Gasteiger charge is 2.69. The van der Waals surface area contributed by atoms with Crippen LogP contribution >= 0.6 is 0 Å². The number of rotatable bonds is 5. The maximum Gasteiger partial charge on any atom is 0.412 e. The first-order valence-electron chi connectivity index (χ1n) is 5.36. The number of ether oxygens (including phenoxy) is 1. The molecule has 92 valence electrons. The largest absolute Gasteiger partial charge is 0.465 e. The monoisotopic (exact) mass is 236 g/mol. The summed E-state index contributed by atoms with van der Waals surface area (Å²) in [6, 6.07) is 0. The van der Waals surface area contributed by atoms with Crippen molar-refractivity contribution in [3.05, 3.63) is 11.6 Å². The fourth-order valence-corrected chi connectivity index (χ4v) is 1.68. The average Bonchev–Trinajstić information content (AvgIpc) is 2.90. The summed E-state index contributed by atoms with van der Waals surface area (Å²) in [5.74, 6) is -1.19. The third-order valence-electron chi connectivity index (χ3n) is 2.66. The summed E-state index contributed by atoms with van der Waals surface area (Å²) in [5, 5.41) is 0. The van der Waals surface area contributed by atoms with E-state index >= 15 is 0 Å². The predicted molar refractivity (Wildman–Crippen MR) is 52.7 cm³/mol. The van der Waals surface area contributed by atoms with E-state index in [0.29, 0.717) is 12.8 Å².